The van der Waals surface area contributed by atoms with Crippen LogP contribution in [0.5, 0.6) is 5.75 Å². The first-order valence-electron chi connectivity index (χ1n) is 8.01. The summed E-state index contributed by atoms with van der Waals surface area (Å²) in [4.78, 5) is 25.4. The van der Waals surface area contributed by atoms with Gasteiger partial charge in [-0.25, -0.2) is 0 Å². The van der Waals surface area contributed by atoms with Crippen LogP contribution in [0.25, 0.3) is 0 Å². The van der Waals surface area contributed by atoms with Gasteiger partial charge in [0.15, 0.2) is 0 Å². The van der Waals surface area contributed by atoms with Gasteiger partial charge in [-0.3, -0.25) is 9.59 Å². The minimum absolute atomic E-state index is 0.196. The van der Waals surface area contributed by atoms with Crippen LogP contribution in [0.3, 0.4) is 0 Å². The summed E-state index contributed by atoms with van der Waals surface area (Å²) in [5.41, 5.74) is 1.16. The highest BCUT2D eigenvalue weighted by Gasteiger charge is 2.15. The molecule has 1 aromatic heterocycles. The van der Waals surface area contributed by atoms with Crippen molar-refractivity contribution in [2.45, 2.75) is 25.5 Å². The van der Waals surface area contributed by atoms with E-state index in [4.69, 9.17) is 9.47 Å². The van der Waals surface area contributed by atoms with Crippen molar-refractivity contribution in [3.05, 3.63) is 64.1 Å². The molecule has 0 bridgehead atoms. The quantitative estimate of drug-likeness (QED) is 0.848. The van der Waals surface area contributed by atoms with E-state index in [1.807, 2.05) is 24.3 Å². The summed E-state index contributed by atoms with van der Waals surface area (Å²) in [6.07, 6.45) is 3.75. The molecule has 0 spiro atoms. The van der Waals surface area contributed by atoms with Crippen LogP contribution in [0.15, 0.2) is 47.4 Å². The normalized spacial score (nSPS) is 16.8. The highest BCUT2D eigenvalue weighted by molar-refractivity contribution is 5.93. The number of carbonyl (C=O) groups is 1. The number of hydrogen-bond donors (Lipinski definition) is 2. The molecule has 6 heteroatoms. The van der Waals surface area contributed by atoms with Gasteiger partial charge in [-0.1, -0.05) is 12.1 Å². The number of carbonyl (C=O) groups excluding carboxylic acids is 1. The fourth-order valence-electron chi connectivity index (χ4n) is 2.50. The molecule has 3 rings (SSSR count). The second-order valence-electron chi connectivity index (χ2n) is 5.71. The highest BCUT2D eigenvalue weighted by atomic mass is 16.5. The first-order chi connectivity index (χ1) is 11.7. The first-order valence-corrected chi connectivity index (χ1v) is 8.01. The average Bonchev–Trinajstić information content (AvgIpc) is 3.13. The highest BCUT2D eigenvalue weighted by Crippen LogP contribution is 2.16. The first kappa shape index (κ1) is 16.3. The number of rotatable bonds is 6. The van der Waals surface area contributed by atoms with Gasteiger partial charge in [0.25, 0.3) is 5.91 Å². The van der Waals surface area contributed by atoms with E-state index in [1.54, 1.807) is 0 Å². The molecule has 1 fully saturated rings. The number of H-pyrrole nitrogens is 1. The Labute approximate surface area is 139 Å². The van der Waals surface area contributed by atoms with Crippen LogP contribution in [0, 0.1) is 0 Å². The summed E-state index contributed by atoms with van der Waals surface area (Å²) >= 11 is 0. The number of pyridine rings is 1. The van der Waals surface area contributed by atoms with Gasteiger partial charge in [0.1, 0.15) is 12.4 Å². The topological polar surface area (TPSA) is 80.4 Å². The lowest BCUT2D eigenvalue weighted by atomic mass is 10.2. The van der Waals surface area contributed by atoms with Crippen LogP contribution in [-0.4, -0.2) is 30.2 Å². The summed E-state index contributed by atoms with van der Waals surface area (Å²) in [6, 6.07) is 10.4. The fraction of sp³-hybridized carbons (Fsp3) is 0.333. The molecule has 2 N–H and O–H groups in total. The lowest BCUT2D eigenvalue weighted by Crippen LogP contribution is -2.23. The number of benzene rings is 1. The van der Waals surface area contributed by atoms with E-state index in [9.17, 15) is 9.59 Å². The van der Waals surface area contributed by atoms with Crippen LogP contribution < -0.4 is 15.6 Å². The van der Waals surface area contributed by atoms with Gasteiger partial charge in [0, 0.05) is 25.4 Å². The maximum Gasteiger partial charge on any atom is 0.253 e. The predicted octanol–water partition coefficient (Wildman–Crippen LogP) is 1.86. The largest absolute Gasteiger partial charge is 0.491 e. The molecular weight excluding hydrogens is 308 g/mol. The molecule has 0 saturated carbocycles. The van der Waals surface area contributed by atoms with Gasteiger partial charge in [-0.2, -0.15) is 0 Å². The Bertz CT molecular complexity index is 713. The molecule has 0 aliphatic carbocycles. The van der Waals surface area contributed by atoms with E-state index >= 15 is 0 Å². The van der Waals surface area contributed by atoms with Crippen molar-refractivity contribution in [1.29, 1.82) is 0 Å². The number of nitrogens with one attached hydrogen (secondary N) is 2. The van der Waals surface area contributed by atoms with Crippen molar-refractivity contribution in [3.63, 3.8) is 0 Å². The van der Waals surface area contributed by atoms with Gasteiger partial charge >= 0.3 is 0 Å². The molecule has 1 saturated heterocycles. The number of ether oxygens (including phenoxy) is 2. The third-order valence-corrected chi connectivity index (χ3v) is 3.88. The Balaban J connectivity index is 1.47. The molecule has 6 nitrogen and oxygen atoms in total. The average molecular weight is 328 g/mol. The minimum atomic E-state index is -0.232. The van der Waals surface area contributed by atoms with Crippen LogP contribution in [0.1, 0.15) is 28.8 Å². The van der Waals surface area contributed by atoms with Gasteiger partial charge in [-0.05, 0) is 36.6 Å². The molecule has 1 aromatic carbocycles. The Morgan fingerprint density at radius 2 is 2.08 bits per heavy atom. The lowest BCUT2D eigenvalue weighted by Gasteiger charge is -2.12. The molecule has 126 valence electrons. The summed E-state index contributed by atoms with van der Waals surface area (Å²) in [5, 5.41) is 2.81. The standard InChI is InChI=1S/C18H20N2O4/c21-17-8-5-14(11-19-17)18(22)20-10-13-3-6-15(7-4-13)24-12-16-2-1-9-23-16/h3-8,11,16H,1-2,9-10,12H2,(H,19,21)(H,20,22). The van der Waals surface area contributed by atoms with E-state index in [2.05, 4.69) is 10.3 Å². The van der Waals surface area contributed by atoms with E-state index in [0.29, 0.717) is 18.7 Å². The summed E-state index contributed by atoms with van der Waals surface area (Å²) < 4.78 is 11.2. The third-order valence-electron chi connectivity index (χ3n) is 3.88. The Kier molecular flexibility index (Phi) is 5.28. The molecule has 24 heavy (non-hydrogen) atoms. The minimum Gasteiger partial charge on any atom is -0.491 e. The van der Waals surface area contributed by atoms with Crippen molar-refractivity contribution in [3.8, 4) is 5.75 Å². The number of hydrogen-bond acceptors (Lipinski definition) is 4. The Hall–Kier alpha value is -2.60. The Morgan fingerprint density at radius 3 is 2.75 bits per heavy atom. The molecule has 2 aromatic rings. The smallest absolute Gasteiger partial charge is 0.253 e. The van der Waals surface area contributed by atoms with Gasteiger partial charge in [-0.15, -0.1) is 0 Å². The third kappa shape index (κ3) is 4.45. The van der Waals surface area contributed by atoms with Crippen LogP contribution in [0.4, 0.5) is 0 Å². The van der Waals surface area contributed by atoms with E-state index in [-0.39, 0.29) is 17.6 Å². The van der Waals surface area contributed by atoms with E-state index in [0.717, 1.165) is 30.8 Å². The Morgan fingerprint density at radius 1 is 1.25 bits per heavy atom. The molecule has 1 aliphatic rings. The molecule has 1 aliphatic heterocycles. The number of aromatic amines is 1. The second kappa shape index (κ2) is 7.79. The molecule has 1 amide bonds. The lowest BCUT2D eigenvalue weighted by molar-refractivity contribution is 0.0679. The number of aromatic nitrogens is 1. The summed E-state index contributed by atoms with van der Waals surface area (Å²) in [7, 11) is 0. The maximum atomic E-state index is 12.0. The van der Waals surface area contributed by atoms with Crippen LogP contribution in [-0.2, 0) is 11.3 Å². The zero-order valence-corrected chi connectivity index (χ0v) is 13.3. The van der Waals surface area contributed by atoms with Gasteiger partial charge < -0.3 is 19.8 Å². The zero-order valence-electron chi connectivity index (χ0n) is 13.3. The number of amides is 1. The SMILES string of the molecule is O=C(NCc1ccc(OCC2CCCO2)cc1)c1ccc(=O)[nH]c1. The van der Waals surface area contributed by atoms with Crippen molar-refractivity contribution in [2.75, 3.05) is 13.2 Å². The maximum absolute atomic E-state index is 12.0. The van der Waals surface area contributed by atoms with Gasteiger partial charge in [0.2, 0.25) is 5.56 Å². The monoisotopic (exact) mass is 328 g/mol. The molecular formula is C18H20N2O4. The molecule has 2 heterocycles. The van der Waals surface area contributed by atoms with Crippen molar-refractivity contribution < 1.29 is 14.3 Å². The zero-order chi connectivity index (χ0) is 16.8. The van der Waals surface area contributed by atoms with Crippen LogP contribution >= 0.6 is 0 Å². The molecule has 1 atom stereocenters. The molecule has 1 unspecified atom stereocenters. The molecule has 0 radical (unpaired) electrons. The summed E-state index contributed by atoms with van der Waals surface area (Å²) in [5.74, 6) is 0.561. The fourth-order valence-corrected chi connectivity index (χ4v) is 2.50. The van der Waals surface area contributed by atoms with E-state index in [1.165, 1.54) is 18.3 Å². The van der Waals surface area contributed by atoms with E-state index < -0.39 is 0 Å². The summed E-state index contributed by atoms with van der Waals surface area (Å²) in [6.45, 7) is 1.80. The van der Waals surface area contributed by atoms with Crippen molar-refractivity contribution >= 4 is 5.91 Å². The second-order valence-corrected chi connectivity index (χ2v) is 5.71. The predicted molar refractivity (Wildman–Crippen MR) is 89.1 cm³/mol. The van der Waals surface area contributed by atoms with Crippen LogP contribution in [0.2, 0.25) is 0 Å². The van der Waals surface area contributed by atoms with Gasteiger partial charge in [0.05, 0.1) is 11.7 Å². The van der Waals surface area contributed by atoms with Crippen molar-refractivity contribution in [1.82, 2.24) is 10.3 Å². The van der Waals surface area contributed by atoms with Crippen molar-refractivity contribution in [2.24, 2.45) is 0 Å².